The van der Waals surface area contributed by atoms with Gasteiger partial charge in [-0.2, -0.15) is 0 Å². The van der Waals surface area contributed by atoms with Gasteiger partial charge >= 0.3 is 5.97 Å². The van der Waals surface area contributed by atoms with Crippen LogP contribution in [0.2, 0.25) is 5.02 Å². The number of aryl methyl sites for hydroxylation is 1. The second-order valence-electron chi connectivity index (χ2n) is 5.83. The molecule has 24 heavy (non-hydrogen) atoms. The molecule has 1 aromatic carbocycles. The Morgan fingerprint density at radius 2 is 2.00 bits per heavy atom. The van der Waals surface area contributed by atoms with Crippen molar-refractivity contribution in [2.45, 2.75) is 13.5 Å². The van der Waals surface area contributed by atoms with E-state index in [1.807, 2.05) is 31.2 Å². The molecule has 2 aromatic rings. The van der Waals surface area contributed by atoms with Crippen LogP contribution in [0.25, 0.3) is 0 Å². The lowest BCUT2D eigenvalue weighted by Crippen LogP contribution is -2.44. The smallest absolute Gasteiger partial charge is 0.340 e. The van der Waals surface area contributed by atoms with Crippen molar-refractivity contribution in [2.24, 2.45) is 0 Å². The van der Waals surface area contributed by atoms with Crippen molar-refractivity contribution in [1.82, 2.24) is 10.3 Å². The molecule has 3 rings (SSSR count). The largest absolute Gasteiger partial charge is 0.457 e. The lowest BCUT2D eigenvalue weighted by molar-refractivity contribution is 0.0472. The number of benzene rings is 1. The van der Waals surface area contributed by atoms with Gasteiger partial charge < -0.3 is 15.0 Å². The Balaban J connectivity index is 1.64. The fourth-order valence-electron chi connectivity index (χ4n) is 2.57. The van der Waals surface area contributed by atoms with Gasteiger partial charge in [0.25, 0.3) is 0 Å². The number of piperazine rings is 1. The summed E-state index contributed by atoms with van der Waals surface area (Å²) in [5, 5.41) is 3.76. The van der Waals surface area contributed by atoms with E-state index in [-0.39, 0.29) is 6.61 Å². The van der Waals surface area contributed by atoms with Crippen molar-refractivity contribution in [2.75, 3.05) is 31.1 Å². The second-order valence-corrected chi connectivity index (χ2v) is 6.24. The molecule has 6 heteroatoms. The summed E-state index contributed by atoms with van der Waals surface area (Å²) < 4.78 is 5.33. The summed E-state index contributed by atoms with van der Waals surface area (Å²) in [5.74, 6) is 0.296. The summed E-state index contributed by atoms with van der Waals surface area (Å²) in [5.41, 5.74) is 2.49. The molecule has 0 saturated carbocycles. The molecule has 126 valence electrons. The quantitative estimate of drug-likeness (QED) is 0.863. The van der Waals surface area contributed by atoms with Crippen LogP contribution in [0.1, 0.15) is 21.5 Å². The highest BCUT2D eigenvalue weighted by Gasteiger charge is 2.17. The van der Waals surface area contributed by atoms with Crippen LogP contribution in [0.3, 0.4) is 0 Å². The summed E-state index contributed by atoms with van der Waals surface area (Å²) in [6.45, 7) is 5.75. The molecule has 1 aliphatic rings. The summed E-state index contributed by atoms with van der Waals surface area (Å²) in [4.78, 5) is 18.6. The fraction of sp³-hybridized carbons (Fsp3) is 0.333. The van der Waals surface area contributed by atoms with Crippen molar-refractivity contribution in [3.05, 3.63) is 58.2 Å². The predicted octanol–water partition coefficient (Wildman–Crippen LogP) is 2.81. The van der Waals surface area contributed by atoms with Gasteiger partial charge in [0.2, 0.25) is 0 Å². The summed E-state index contributed by atoms with van der Waals surface area (Å²) in [7, 11) is 0. The second kappa shape index (κ2) is 7.64. The molecule has 0 atom stereocenters. The molecule has 1 fully saturated rings. The van der Waals surface area contributed by atoms with E-state index in [0.29, 0.717) is 16.4 Å². The van der Waals surface area contributed by atoms with Gasteiger partial charge in [0.1, 0.15) is 12.4 Å². The lowest BCUT2D eigenvalue weighted by Gasteiger charge is -2.29. The molecule has 1 saturated heterocycles. The Bertz CT molecular complexity index is 713. The number of anilines is 1. The number of nitrogens with one attached hydrogen (secondary N) is 1. The van der Waals surface area contributed by atoms with Gasteiger partial charge in [-0.1, -0.05) is 41.4 Å². The Morgan fingerprint density at radius 1 is 1.29 bits per heavy atom. The maximum absolute atomic E-state index is 12.2. The number of hydrogen-bond acceptors (Lipinski definition) is 5. The molecule has 0 spiro atoms. The molecular formula is C18H20ClN3O2. The summed E-state index contributed by atoms with van der Waals surface area (Å²) >= 11 is 6.31. The fourth-order valence-corrected chi connectivity index (χ4v) is 2.85. The number of ether oxygens (including phenoxy) is 1. The number of halogens is 1. The van der Waals surface area contributed by atoms with Gasteiger partial charge in [0, 0.05) is 32.4 Å². The minimum atomic E-state index is -0.420. The van der Waals surface area contributed by atoms with Crippen LogP contribution in [-0.2, 0) is 11.3 Å². The highest BCUT2D eigenvalue weighted by Crippen LogP contribution is 2.24. The molecule has 0 amide bonds. The number of pyridine rings is 1. The Labute approximate surface area is 146 Å². The van der Waals surface area contributed by atoms with E-state index < -0.39 is 5.97 Å². The third-order valence-electron chi connectivity index (χ3n) is 3.96. The predicted molar refractivity (Wildman–Crippen MR) is 94.6 cm³/mol. The summed E-state index contributed by atoms with van der Waals surface area (Å²) in [6, 6.07) is 9.50. The molecule has 1 N–H and O–H groups in total. The number of nitrogens with zero attached hydrogens (tertiary/aromatic N) is 2. The van der Waals surface area contributed by atoms with Crippen molar-refractivity contribution >= 4 is 23.4 Å². The number of aromatic nitrogens is 1. The monoisotopic (exact) mass is 345 g/mol. The van der Waals surface area contributed by atoms with E-state index in [2.05, 4.69) is 15.2 Å². The zero-order valence-corrected chi connectivity index (χ0v) is 14.3. The Kier molecular flexibility index (Phi) is 5.33. The van der Waals surface area contributed by atoms with Gasteiger partial charge in [-0.05, 0) is 18.6 Å². The van der Waals surface area contributed by atoms with E-state index in [1.54, 1.807) is 6.07 Å². The standard InChI is InChI=1S/C18H20ClN3O2/c1-13-2-4-14(5-3-13)12-24-18(23)15-10-16(19)17(21-11-15)22-8-6-20-7-9-22/h2-5,10-11,20H,6-9,12H2,1H3. The SMILES string of the molecule is Cc1ccc(COC(=O)c2cnc(N3CCNCC3)c(Cl)c2)cc1. The Morgan fingerprint density at radius 3 is 2.67 bits per heavy atom. The number of esters is 1. The van der Waals surface area contributed by atoms with Crippen LogP contribution >= 0.6 is 11.6 Å². The van der Waals surface area contributed by atoms with Crippen LogP contribution in [0.4, 0.5) is 5.82 Å². The molecule has 0 unspecified atom stereocenters. The van der Waals surface area contributed by atoms with Gasteiger partial charge in [0.05, 0.1) is 10.6 Å². The number of hydrogen-bond donors (Lipinski definition) is 1. The average Bonchev–Trinajstić information content (AvgIpc) is 2.61. The molecule has 1 aromatic heterocycles. The minimum Gasteiger partial charge on any atom is -0.457 e. The Hall–Kier alpha value is -2.11. The number of rotatable bonds is 4. The topological polar surface area (TPSA) is 54.5 Å². The molecule has 0 aliphatic carbocycles. The average molecular weight is 346 g/mol. The van der Waals surface area contributed by atoms with Gasteiger partial charge in [-0.25, -0.2) is 9.78 Å². The van der Waals surface area contributed by atoms with E-state index in [0.717, 1.165) is 31.7 Å². The van der Waals surface area contributed by atoms with E-state index in [1.165, 1.54) is 11.8 Å². The third-order valence-corrected chi connectivity index (χ3v) is 4.24. The van der Waals surface area contributed by atoms with Crippen LogP contribution in [-0.4, -0.2) is 37.1 Å². The first-order chi connectivity index (χ1) is 11.6. The van der Waals surface area contributed by atoms with Gasteiger partial charge in [0.15, 0.2) is 0 Å². The van der Waals surface area contributed by atoms with E-state index >= 15 is 0 Å². The third kappa shape index (κ3) is 4.04. The lowest BCUT2D eigenvalue weighted by atomic mass is 10.2. The van der Waals surface area contributed by atoms with Crippen molar-refractivity contribution in [3.8, 4) is 0 Å². The van der Waals surface area contributed by atoms with Crippen LogP contribution in [0, 0.1) is 6.92 Å². The zero-order valence-electron chi connectivity index (χ0n) is 13.6. The normalized spacial score (nSPS) is 14.5. The molecule has 0 bridgehead atoms. The van der Waals surface area contributed by atoms with Crippen LogP contribution < -0.4 is 10.2 Å². The summed E-state index contributed by atoms with van der Waals surface area (Å²) in [6.07, 6.45) is 1.53. The minimum absolute atomic E-state index is 0.232. The van der Waals surface area contributed by atoms with Crippen molar-refractivity contribution < 1.29 is 9.53 Å². The van der Waals surface area contributed by atoms with Crippen molar-refractivity contribution in [1.29, 1.82) is 0 Å². The van der Waals surface area contributed by atoms with Gasteiger partial charge in [-0.15, -0.1) is 0 Å². The first-order valence-electron chi connectivity index (χ1n) is 7.97. The van der Waals surface area contributed by atoms with Crippen LogP contribution in [0.15, 0.2) is 36.5 Å². The zero-order chi connectivity index (χ0) is 16.9. The highest BCUT2D eigenvalue weighted by molar-refractivity contribution is 6.33. The van der Waals surface area contributed by atoms with E-state index in [9.17, 15) is 4.79 Å². The first-order valence-corrected chi connectivity index (χ1v) is 8.35. The molecule has 2 heterocycles. The highest BCUT2D eigenvalue weighted by atomic mass is 35.5. The van der Waals surface area contributed by atoms with Crippen LogP contribution in [0.5, 0.6) is 0 Å². The molecular weight excluding hydrogens is 326 g/mol. The number of carbonyl (C=O) groups is 1. The molecule has 0 radical (unpaired) electrons. The molecule has 1 aliphatic heterocycles. The molecule has 5 nitrogen and oxygen atoms in total. The van der Waals surface area contributed by atoms with Crippen molar-refractivity contribution in [3.63, 3.8) is 0 Å². The number of carbonyl (C=O) groups excluding carboxylic acids is 1. The van der Waals surface area contributed by atoms with E-state index in [4.69, 9.17) is 16.3 Å². The van der Waals surface area contributed by atoms with Gasteiger partial charge in [-0.3, -0.25) is 0 Å². The maximum atomic E-state index is 12.2. The first kappa shape index (κ1) is 16.7. The maximum Gasteiger partial charge on any atom is 0.340 e.